The number of hydrogen-bond donors (Lipinski definition) is 1. The number of nitrogen functional groups attached to an aromatic ring is 1. The van der Waals surface area contributed by atoms with Crippen LogP contribution in [0.4, 0.5) is 5.95 Å². The van der Waals surface area contributed by atoms with Crippen molar-refractivity contribution in [3.8, 4) is 0 Å². The second-order valence-electron chi connectivity index (χ2n) is 2.18. The first kappa shape index (κ1) is 7.53. The predicted octanol–water partition coefficient (Wildman–Crippen LogP) is 0.234. The summed E-state index contributed by atoms with van der Waals surface area (Å²) in [6.45, 7) is 5.18. The third kappa shape index (κ3) is 1.29. The van der Waals surface area contributed by atoms with Gasteiger partial charge in [0.15, 0.2) is 0 Å². The fourth-order valence-electron chi connectivity index (χ4n) is 0.726. The Bertz CT molecular complexity index is 340. The Morgan fingerprint density at radius 3 is 3.00 bits per heavy atom. The van der Waals surface area contributed by atoms with Gasteiger partial charge in [-0.25, -0.2) is 0 Å². The Hall–Kier alpha value is -1.58. The molecule has 0 aliphatic rings. The van der Waals surface area contributed by atoms with E-state index in [1.165, 1.54) is 10.8 Å². The fraction of sp³-hybridized carbons (Fsp3) is 0.143. The monoisotopic (exact) mass is 151 g/mol. The molecule has 4 nitrogen and oxygen atoms in total. The molecule has 0 atom stereocenters. The van der Waals surface area contributed by atoms with Gasteiger partial charge < -0.3 is 5.73 Å². The highest BCUT2D eigenvalue weighted by atomic mass is 16.1. The van der Waals surface area contributed by atoms with Crippen LogP contribution in [0.3, 0.4) is 0 Å². The SMILES string of the molecule is C=Cn1cc(C)c(=O)nc1N. The van der Waals surface area contributed by atoms with Crippen LogP contribution in [0.1, 0.15) is 5.56 Å². The van der Waals surface area contributed by atoms with Crippen LogP contribution in [0, 0.1) is 6.92 Å². The number of aromatic nitrogens is 2. The van der Waals surface area contributed by atoms with E-state index in [2.05, 4.69) is 11.6 Å². The molecule has 1 heterocycles. The molecule has 0 bridgehead atoms. The normalized spacial score (nSPS) is 9.55. The van der Waals surface area contributed by atoms with E-state index in [-0.39, 0.29) is 11.5 Å². The molecular weight excluding hydrogens is 142 g/mol. The van der Waals surface area contributed by atoms with Crippen LogP contribution in [0.15, 0.2) is 17.6 Å². The summed E-state index contributed by atoms with van der Waals surface area (Å²) in [4.78, 5) is 14.4. The highest BCUT2D eigenvalue weighted by Gasteiger charge is 1.97. The zero-order valence-corrected chi connectivity index (χ0v) is 6.24. The molecule has 1 aromatic heterocycles. The minimum absolute atomic E-state index is 0.163. The van der Waals surface area contributed by atoms with Crippen LogP contribution in [-0.4, -0.2) is 9.55 Å². The summed E-state index contributed by atoms with van der Waals surface area (Å²) in [6, 6.07) is 0. The van der Waals surface area contributed by atoms with E-state index in [0.717, 1.165) is 0 Å². The van der Waals surface area contributed by atoms with Gasteiger partial charge >= 0.3 is 0 Å². The molecule has 0 fully saturated rings. The van der Waals surface area contributed by atoms with E-state index in [1.807, 2.05) is 0 Å². The molecule has 0 spiro atoms. The molecule has 0 aliphatic carbocycles. The van der Waals surface area contributed by atoms with Gasteiger partial charge in [0.25, 0.3) is 5.56 Å². The Morgan fingerprint density at radius 1 is 1.82 bits per heavy atom. The maximum Gasteiger partial charge on any atom is 0.277 e. The van der Waals surface area contributed by atoms with Gasteiger partial charge in [-0.1, -0.05) is 6.58 Å². The number of aryl methyl sites for hydroxylation is 1. The van der Waals surface area contributed by atoms with E-state index in [1.54, 1.807) is 13.1 Å². The third-order valence-electron chi connectivity index (χ3n) is 1.35. The fourth-order valence-corrected chi connectivity index (χ4v) is 0.726. The smallest absolute Gasteiger partial charge is 0.277 e. The predicted molar refractivity (Wildman–Crippen MR) is 44.0 cm³/mol. The van der Waals surface area contributed by atoms with Crippen molar-refractivity contribution in [3.63, 3.8) is 0 Å². The van der Waals surface area contributed by atoms with Crippen molar-refractivity contribution in [1.29, 1.82) is 0 Å². The van der Waals surface area contributed by atoms with Gasteiger partial charge in [-0.15, -0.1) is 0 Å². The molecule has 2 N–H and O–H groups in total. The van der Waals surface area contributed by atoms with Crippen LogP contribution >= 0.6 is 0 Å². The Labute approximate surface area is 64.0 Å². The summed E-state index contributed by atoms with van der Waals surface area (Å²) in [6.07, 6.45) is 3.09. The minimum Gasteiger partial charge on any atom is -0.369 e. The van der Waals surface area contributed by atoms with Crippen molar-refractivity contribution >= 4 is 12.1 Å². The average molecular weight is 151 g/mol. The van der Waals surface area contributed by atoms with Crippen molar-refractivity contribution in [3.05, 3.63) is 28.7 Å². The van der Waals surface area contributed by atoms with Crippen molar-refractivity contribution in [1.82, 2.24) is 9.55 Å². The maximum absolute atomic E-state index is 10.9. The topological polar surface area (TPSA) is 60.9 Å². The zero-order chi connectivity index (χ0) is 8.43. The molecule has 0 radical (unpaired) electrons. The molecule has 1 aromatic rings. The number of nitrogens with two attached hydrogens (primary N) is 1. The Balaban J connectivity index is 3.43. The molecule has 11 heavy (non-hydrogen) atoms. The first-order valence-electron chi connectivity index (χ1n) is 3.13. The number of hydrogen-bond acceptors (Lipinski definition) is 3. The van der Waals surface area contributed by atoms with Gasteiger partial charge in [0.1, 0.15) is 0 Å². The van der Waals surface area contributed by atoms with Crippen LogP contribution in [-0.2, 0) is 0 Å². The molecule has 0 saturated heterocycles. The van der Waals surface area contributed by atoms with Crippen LogP contribution in [0.25, 0.3) is 6.20 Å². The Morgan fingerprint density at radius 2 is 2.45 bits per heavy atom. The summed E-state index contributed by atoms with van der Waals surface area (Å²) in [5.74, 6) is 0.163. The number of rotatable bonds is 1. The molecule has 0 amide bonds. The summed E-state index contributed by atoms with van der Waals surface area (Å²) < 4.78 is 1.50. The first-order chi connectivity index (χ1) is 5.15. The molecule has 1 rings (SSSR count). The zero-order valence-electron chi connectivity index (χ0n) is 6.24. The van der Waals surface area contributed by atoms with Crippen molar-refractivity contribution < 1.29 is 0 Å². The second kappa shape index (κ2) is 2.57. The highest BCUT2D eigenvalue weighted by molar-refractivity contribution is 5.32. The standard InChI is InChI=1S/C7H9N3O/c1-3-10-4-5(2)6(11)9-7(10)8/h3-4H,1H2,2H3,(H2,8,9,11). The number of anilines is 1. The van der Waals surface area contributed by atoms with E-state index in [9.17, 15) is 4.79 Å². The lowest BCUT2D eigenvalue weighted by atomic mass is 10.4. The summed E-state index contributed by atoms with van der Waals surface area (Å²) >= 11 is 0. The lowest BCUT2D eigenvalue weighted by Crippen LogP contribution is -2.16. The van der Waals surface area contributed by atoms with E-state index in [0.29, 0.717) is 5.56 Å². The third-order valence-corrected chi connectivity index (χ3v) is 1.35. The largest absolute Gasteiger partial charge is 0.369 e. The lowest BCUT2D eigenvalue weighted by molar-refractivity contribution is 1.01. The average Bonchev–Trinajstić information content (AvgIpc) is 1.97. The van der Waals surface area contributed by atoms with Crippen molar-refractivity contribution in [2.45, 2.75) is 6.92 Å². The van der Waals surface area contributed by atoms with Gasteiger partial charge in [0, 0.05) is 18.0 Å². The van der Waals surface area contributed by atoms with E-state index >= 15 is 0 Å². The van der Waals surface area contributed by atoms with Gasteiger partial charge in [-0.2, -0.15) is 4.98 Å². The minimum atomic E-state index is -0.291. The summed E-state index contributed by atoms with van der Waals surface area (Å²) in [5.41, 5.74) is 5.64. The summed E-state index contributed by atoms with van der Waals surface area (Å²) in [5, 5.41) is 0. The molecule has 0 aromatic carbocycles. The van der Waals surface area contributed by atoms with E-state index < -0.39 is 0 Å². The molecule has 0 unspecified atom stereocenters. The van der Waals surface area contributed by atoms with Crippen LogP contribution in [0.5, 0.6) is 0 Å². The lowest BCUT2D eigenvalue weighted by Gasteiger charge is -2.02. The highest BCUT2D eigenvalue weighted by Crippen LogP contribution is 1.96. The quantitative estimate of drug-likeness (QED) is 0.625. The second-order valence-corrected chi connectivity index (χ2v) is 2.18. The molecule has 0 saturated carbocycles. The van der Waals surface area contributed by atoms with Crippen molar-refractivity contribution in [2.24, 2.45) is 0 Å². The van der Waals surface area contributed by atoms with Crippen molar-refractivity contribution in [2.75, 3.05) is 5.73 Å². The molecular formula is C7H9N3O. The molecule has 58 valence electrons. The molecule has 0 aliphatic heterocycles. The van der Waals surface area contributed by atoms with Crippen LogP contribution in [0.2, 0.25) is 0 Å². The van der Waals surface area contributed by atoms with Gasteiger partial charge in [-0.3, -0.25) is 9.36 Å². The Kier molecular flexibility index (Phi) is 1.76. The van der Waals surface area contributed by atoms with Gasteiger partial charge in [0.2, 0.25) is 5.95 Å². The first-order valence-corrected chi connectivity index (χ1v) is 3.13. The van der Waals surface area contributed by atoms with Crippen LogP contribution < -0.4 is 11.3 Å². The van der Waals surface area contributed by atoms with Gasteiger partial charge in [0.05, 0.1) is 0 Å². The molecule has 4 heteroatoms. The summed E-state index contributed by atoms with van der Waals surface area (Å²) in [7, 11) is 0. The number of nitrogens with zero attached hydrogens (tertiary/aromatic N) is 2. The van der Waals surface area contributed by atoms with Gasteiger partial charge in [-0.05, 0) is 6.92 Å². The van der Waals surface area contributed by atoms with E-state index in [4.69, 9.17) is 5.73 Å². The maximum atomic E-state index is 10.9.